The lowest BCUT2D eigenvalue weighted by Crippen LogP contribution is -2.43. The first-order valence-electron chi connectivity index (χ1n) is 7.24. The van der Waals surface area contributed by atoms with Gasteiger partial charge in [-0.25, -0.2) is 0 Å². The Morgan fingerprint density at radius 1 is 1.11 bits per heavy atom. The van der Waals surface area contributed by atoms with Gasteiger partial charge in [-0.2, -0.15) is 0 Å². The first kappa shape index (κ1) is 16.7. The Balaban J connectivity index is 2.79. The third-order valence-corrected chi connectivity index (χ3v) is 4.25. The number of halogens is 1. The maximum atomic E-state index is 3.67. The zero-order valence-electron chi connectivity index (χ0n) is 13.0. The molecule has 1 nitrogen and oxygen atoms in total. The number of hydrogen-bond donors (Lipinski definition) is 1. The first-order valence-corrected chi connectivity index (χ1v) is 8.03. The van der Waals surface area contributed by atoms with E-state index in [9.17, 15) is 0 Å². The molecule has 0 aliphatic heterocycles. The maximum absolute atomic E-state index is 3.67. The van der Waals surface area contributed by atoms with Crippen molar-refractivity contribution >= 4 is 15.9 Å². The van der Waals surface area contributed by atoms with Crippen molar-refractivity contribution in [1.29, 1.82) is 0 Å². The summed E-state index contributed by atoms with van der Waals surface area (Å²) in [6.45, 7) is 12.4. The average molecular weight is 326 g/mol. The van der Waals surface area contributed by atoms with Crippen LogP contribution in [-0.2, 0) is 6.42 Å². The van der Waals surface area contributed by atoms with Crippen LogP contribution >= 0.6 is 15.9 Å². The first-order chi connectivity index (χ1) is 8.76. The molecule has 0 aromatic heterocycles. The minimum atomic E-state index is 0.183. The summed E-state index contributed by atoms with van der Waals surface area (Å²) >= 11 is 3.67. The average Bonchev–Trinajstić information content (AvgIpc) is 2.29. The molecule has 1 atom stereocenters. The van der Waals surface area contributed by atoms with Crippen molar-refractivity contribution in [2.75, 3.05) is 6.54 Å². The molecule has 2 heteroatoms. The third kappa shape index (κ3) is 6.09. The Labute approximate surface area is 127 Å². The molecular weight excluding hydrogens is 298 g/mol. The van der Waals surface area contributed by atoms with Crippen LogP contribution in [0, 0.1) is 5.41 Å². The van der Waals surface area contributed by atoms with Gasteiger partial charge in [0.25, 0.3) is 0 Å². The predicted octanol–water partition coefficient (Wildman–Crippen LogP) is 5.19. The Hall–Kier alpha value is -0.340. The normalized spacial score (nSPS) is 15.3. The smallest absolute Gasteiger partial charge is 0.0207 e. The fourth-order valence-corrected chi connectivity index (χ4v) is 2.85. The van der Waals surface area contributed by atoms with Gasteiger partial charge < -0.3 is 5.32 Å². The van der Waals surface area contributed by atoms with Gasteiger partial charge in [-0.15, -0.1) is 0 Å². The summed E-state index contributed by atoms with van der Waals surface area (Å²) in [5, 5.41) is 3.67. The lowest BCUT2D eigenvalue weighted by molar-refractivity contribution is 0.243. The zero-order chi connectivity index (χ0) is 14.5. The van der Waals surface area contributed by atoms with Crippen LogP contribution in [-0.4, -0.2) is 12.1 Å². The van der Waals surface area contributed by atoms with Crippen LogP contribution in [0.25, 0.3) is 0 Å². The molecule has 1 aromatic carbocycles. The monoisotopic (exact) mass is 325 g/mol. The molecule has 0 saturated heterocycles. The highest BCUT2D eigenvalue weighted by Crippen LogP contribution is 2.31. The molecule has 1 aromatic rings. The minimum absolute atomic E-state index is 0.183. The number of benzene rings is 1. The SMILES string of the molecule is CCCC(C)(CNC(C)(C)C)Cc1ccccc1Br. The van der Waals surface area contributed by atoms with Crippen LogP contribution in [0.2, 0.25) is 0 Å². The summed E-state index contributed by atoms with van der Waals surface area (Å²) in [5.74, 6) is 0. The van der Waals surface area contributed by atoms with E-state index in [0.717, 1.165) is 13.0 Å². The largest absolute Gasteiger partial charge is 0.312 e. The molecule has 0 bridgehead atoms. The van der Waals surface area contributed by atoms with Crippen molar-refractivity contribution < 1.29 is 0 Å². The fraction of sp³-hybridized carbons (Fsp3) is 0.647. The summed E-state index contributed by atoms with van der Waals surface area (Å²) < 4.78 is 1.23. The second-order valence-electron chi connectivity index (χ2n) is 6.93. The van der Waals surface area contributed by atoms with Crippen molar-refractivity contribution in [1.82, 2.24) is 5.32 Å². The quantitative estimate of drug-likeness (QED) is 0.759. The molecular formula is C17H28BrN. The van der Waals surface area contributed by atoms with Crippen LogP contribution in [0.4, 0.5) is 0 Å². The van der Waals surface area contributed by atoms with E-state index >= 15 is 0 Å². The van der Waals surface area contributed by atoms with Crippen molar-refractivity contribution in [3.05, 3.63) is 34.3 Å². The minimum Gasteiger partial charge on any atom is -0.312 e. The molecule has 0 spiro atoms. The molecule has 0 heterocycles. The van der Waals surface area contributed by atoms with E-state index in [2.05, 4.69) is 80.1 Å². The molecule has 1 N–H and O–H groups in total. The van der Waals surface area contributed by atoms with Crippen molar-refractivity contribution in [3.8, 4) is 0 Å². The highest BCUT2D eigenvalue weighted by molar-refractivity contribution is 9.10. The summed E-state index contributed by atoms with van der Waals surface area (Å²) in [6.07, 6.45) is 3.59. The van der Waals surface area contributed by atoms with Crippen molar-refractivity contribution in [2.45, 2.75) is 59.4 Å². The maximum Gasteiger partial charge on any atom is 0.0207 e. The molecule has 108 valence electrons. The number of hydrogen-bond acceptors (Lipinski definition) is 1. The number of nitrogens with one attached hydrogen (secondary N) is 1. The standard InChI is InChI=1S/C17H28BrN/c1-6-11-17(5,13-19-16(2,3)4)12-14-9-7-8-10-15(14)18/h7-10,19H,6,11-13H2,1-5H3. The highest BCUT2D eigenvalue weighted by atomic mass is 79.9. The second-order valence-corrected chi connectivity index (χ2v) is 7.79. The lowest BCUT2D eigenvalue weighted by Gasteiger charge is -2.34. The van der Waals surface area contributed by atoms with Crippen LogP contribution in [0.3, 0.4) is 0 Å². The van der Waals surface area contributed by atoms with E-state index in [1.54, 1.807) is 0 Å². The zero-order valence-corrected chi connectivity index (χ0v) is 14.6. The molecule has 0 aliphatic rings. The van der Waals surface area contributed by atoms with Gasteiger partial charge in [0.15, 0.2) is 0 Å². The van der Waals surface area contributed by atoms with Gasteiger partial charge in [0.05, 0.1) is 0 Å². The van der Waals surface area contributed by atoms with Crippen molar-refractivity contribution in [2.24, 2.45) is 5.41 Å². The van der Waals surface area contributed by atoms with Crippen LogP contribution < -0.4 is 5.32 Å². The Morgan fingerprint density at radius 3 is 2.26 bits per heavy atom. The molecule has 0 fully saturated rings. The Morgan fingerprint density at radius 2 is 1.74 bits per heavy atom. The van der Waals surface area contributed by atoms with E-state index in [-0.39, 0.29) is 5.54 Å². The van der Waals surface area contributed by atoms with E-state index < -0.39 is 0 Å². The van der Waals surface area contributed by atoms with Crippen molar-refractivity contribution in [3.63, 3.8) is 0 Å². The van der Waals surface area contributed by atoms with Gasteiger partial charge in [-0.05, 0) is 50.7 Å². The van der Waals surface area contributed by atoms with Gasteiger partial charge in [0.1, 0.15) is 0 Å². The highest BCUT2D eigenvalue weighted by Gasteiger charge is 2.26. The molecule has 0 radical (unpaired) electrons. The molecule has 0 amide bonds. The molecule has 0 saturated carbocycles. The van der Waals surface area contributed by atoms with Gasteiger partial charge in [-0.1, -0.05) is 54.4 Å². The molecule has 1 rings (SSSR count). The molecule has 0 aliphatic carbocycles. The fourth-order valence-electron chi connectivity index (χ4n) is 2.42. The van der Waals surface area contributed by atoms with E-state index in [1.807, 2.05) is 0 Å². The topological polar surface area (TPSA) is 12.0 Å². The van der Waals surface area contributed by atoms with Crippen LogP contribution in [0.5, 0.6) is 0 Å². The van der Waals surface area contributed by atoms with Gasteiger partial charge >= 0.3 is 0 Å². The van der Waals surface area contributed by atoms with Gasteiger partial charge in [0, 0.05) is 16.6 Å². The Bertz CT molecular complexity index is 394. The van der Waals surface area contributed by atoms with Gasteiger partial charge in [0.2, 0.25) is 0 Å². The van der Waals surface area contributed by atoms with E-state index in [1.165, 1.54) is 22.9 Å². The van der Waals surface area contributed by atoms with E-state index in [0.29, 0.717) is 5.41 Å². The summed E-state index contributed by atoms with van der Waals surface area (Å²) in [4.78, 5) is 0. The van der Waals surface area contributed by atoms with Crippen LogP contribution in [0.15, 0.2) is 28.7 Å². The summed E-state index contributed by atoms with van der Waals surface area (Å²) in [5.41, 5.74) is 1.91. The number of rotatable bonds is 6. The predicted molar refractivity (Wildman–Crippen MR) is 88.6 cm³/mol. The molecule has 19 heavy (non-hydrogen) atoms. The molecule has 1 unspecified atom stereocenters. The third-order valence-electron chi connectivity index (χ3n) is 3.47. The Kier molecular flexibility index (Phi) is 6.07. The summed E-state index contributed by atoms with van der Waals surface area (Å²) in [7, 11) is 0. The second kappa shape index (κ2) is 6.90. The summed E-state index contributed by atoms with van der Waals surface area (Å²) in [6, 6.07) is 8.58. The van der Waals surface area contributed by atoms with Gasteiger partial charge in [-0.3, -0.25) is 0 Å². The van der Waals surface area contributed by atoms with E-state index in [4.69, 9.17) is 0 Å². The lowest BCUT2D eigenvalue weighted by atomic mass is 9.79. The van der Waals surface area contributed by atoms with Crippen LogP contribution in [0.1, 0.15) is 53.0 Å².